The number of ether oxygens (including phenoxy) is 1. The van der Waals surface area contributed by atoms with Crippen molar-refractivity contribution >= 4 is 15.3 Å². The Morgan fingerprint density at radius 1 is 1.64 bits per heavy atom. The van der Waals surface area contributed by atoms with Crippen LogP contribution in [0.4, 0.5) is 0 Å². The van der Waals surface area contributed by atoms with Crippen molar-refractivity contribution in [1.29, 1.82) is 0 Å². The summed E-state index contributed by atoms with van der Waals surface area (Å²) in [5, 5.41) is 0.456. The van der Waals surface area contributed by atoms with E-state index in [9.17, 15) is 0 Å². The van der Waals surface area contributed by atoms with Gasteiger partial charge in [0, 0.05) is 0 Å². The van der Waals surface area contributed by atoms with Gasteiger partial charge in [0.2, 0.25) is 0 Å². The van der Waals surface area contributed by atoms with Crippen LogP contribution in [0.5, 0.6) is 0 Å². The van der Waals surface area contributed by atoms with Gasteiger partial charge in [0.1, 0.15) is 0 Å². The molecule has 0 amide bonds. The van der Waals surface area contributed by atoms with E-state index in [2.05, 4.69) is 4.90 Å². The maximum atomic E-state index is 8.79. The molecular formula is C6H14AsNO3. The number of hydrogen-bond acceptors (Lipinski definition) is 4. The number of hydrogen-bond donors (Lipinski definition) is 2. The van der Waals surface area contributed by atoms with Gasteiger partial charge >= 0.3 is 71.2 Å². The van der Waals surface area contributed by atoms with E-state index in [1.807, 2.05) is 7.05 Å². The molecule has 1 saturated heterocycles. The summed E-state index contributed by atoms with van der Waals surface area (Å²) in [6, 6.07) is 0. The van der Waals surface area contributed by atoms with Crippen LogP contribution in [0.1, 0.15) is 0 Å². The number of likely N-dealkylation sites (N-methyl/N-ethyl adjacent to an activating group) is 1. The normalized spacial score (nSPS) is 27.8. The van der Waals surface area contributed by atoms with Gasteiger partial charge in [-0.05, 0) is 0 Å². The van der Waals surface area contributed by atoms with Crippen LogP contribution in [-0.4, -0.2) is 61.3 Å². The molecule has 0 aromatic rings. The Labute approximate surface area is 71.7 Å². The maximum absolute atomic E-state index is 8.79. The third-order valence-corrected chi connectivity index (χ3v) is 3.25. The topological polar surface area (TPSA) is 52.9 Å². The van der Waals surface area contributed by atoms with Gasteiger partial charge in [0.25, 0.3) is 0 Å². The van der Waals surface area contributed by atoms with E-state index in [1.54, 1.807) is 0 Å². The Morgan fingerprint density at radius 3 is 2.91 bits per heavy atom. The monoisotopic (exact) mass is 223 g/mol. The van der Waals surface area contributed by atoms with Crippen molar-refractivity contribution in [3.05, 3.63) is 0 Å². The van der Waals surface area contributed by atoms with Gasteiger partial charge in [-0.15, -0.1) is 0 Å². The molecule has 1 atom stereocenters. The molecule has 66 valence electrons. The van der Waals surface area contributed by atoms with E-state index < -0.39 is 15.3 Å². The van der Waals surface area contributed by atoms with Crippen molar-refractivity contribution < 1.29 is 12.9 Å². The molecule has 1 fully saturated rings. The van der Waals surface area contributed by atoms with Crippen molar-refractivity contribution in [3.63, 3.8) is 0 Å². The fourth-order valence-electron chi connectivity index (χ4n) is 1.16. The fraction of sp³-hybridized carbons (Fsp3) is 1.00. The Balaban J connectivity index is 2.23. The number of morpholine rings is 1. The van der Waals surface area contributed by atoms with Gasteiger partial charge in [-0.1, -0.05) is 0 Å². The van der Waals surface area contributed by atoms with Crippen LogP contribution in [0.25, 0.3) is 0 Å². The van der Waals surface area contributed by atoms with Crippen molar-refractivity contribution in [2.24, 2.45) is 0 Å². The fourth-order valence-corrected chi connectivity index (χ4v) is 2.39. The molecule has 11 heavy (non-hydrogen) atoms. The van der Waals surface area contributed by atoms with E-state index in [4.69, 9.17) is 12.9 Å². The molecule has 1 aliphatic rings. The zero-order chi connectivity index (χ0) is 8.27. The quantitative estimate of drug-likeness (QED) is 0.577. The van der Waals surface area contributed by atoms with Crippen LogP contribution in [0.2, 0.25) is 5.21 Å². The second-order valence-corrected chi connectivity index (χ2v) is 5.14. The molecule has 0 aliphatic carbocycles. The Hall–Kier alpha value is 0.398. The zero-order valence-corrected chi connectivity index (χ0v) is 8.48. The van der Waals surface area contributed by atoms with Gasteiger partial charge < -0.3 is 0 Å². The van der Waals surface area contributed by atoms with Crippen molar-refractivity contribution in [2.45, 2.75) is 11.3 Å². The molecule has 1 unspecified atom stereocenters. The Bertz CT molecular complexity index is 120. The first-order chi connectivity index (χ1) is 5.18. The summed E-state index contributed by atoms with van der Waals surface area (Å²) in [5.74, 6) is 0. The van der Waals surface area contributed by atoms with Crippen LogP contribution < -0.4 is 0 Å². The number of rotatable bonds is 2. The Morgan fingerprint density at radius 2 is 2.36 bits per heavy atom. The summed E-state index contributed by atoms with van der Waals surface area (Å²) in [6.45, 7) is 2.48. The standard InChI is InChI=1S/C6H14AsNO3/c1-8-2-3-11-6(5-8)4-7(9)10/h6,9-10H,2-5H2,1H3. The first-order valence-electron chi connectivity index (χ1n) is 3.64. The summed E-state index contributed by atoms with van der Waals surface area (Å²) in [5.41, 5.74) is 0. The minimum atomic E-state index is -2.48. The van der Waals surface area contributed by atoms with Crippen LogP contribution in [-0.2, 0) is 4.74 Å². The SMILES string of the molecule is CN1CCOC(C[As](O)O)C1. The van der Waals surface area contributed by atoms with Crippen molar-refractivity contribution in [2.75, 3.05) is 26.7 Å². The first kappa shape index (κ1) is 9.49. The molecule has 2 N–H and O–H groups in total. The van der Waals surface area contributed by atoms with Crippen LogP contribution in [0.3, 0.4) is 0 Å². The number of nitrogens with zero attached hydrogens (tertiary/aromatic N) is 1. The molecule has 0 saturated carbocycles. The first-order valence-corrected chi connectivity index (χ1v) is 6.64. The predicted molar refractivity (Wildman–Crippen MR) is 42.2 cm³/mol. The van der Waals surface area contributed by atoms with Crippen LogP contribution in [0, 0.1) is 0 Å². The molecule has 1 heterocycles. The van der Waals surface area contributed by atoms with E-state index in [-0.39, 0.29) is 6.10 Å². The van der Waals surface area contributed by atoms with Gasteiger partial charge in [0.05, 0.1) is 0 Å². The summed E-state index contributed by atoms with van der Waals surface area (Å²) in [6.07, 6.45) is 0.0451. The van der Waals surface area contributed by atoms with Gasteiger partial charge in [-0.2, -0.15) is 0 Å². The van der Waals surface area contributed by atoms with Crippen LogP contribution in [0.15, 0.2) is 0 Å². The summed E-state index contributed by atoms with van der Waals surface area (Å²) < 4.78 is 22.9. The van der Waals surface area contributed by atoms with Crippen molar-refractivity contribution in [1.82, 2.24) is 4.90 Å². The third kappa shape index (κ3) is 3.54. The summed E-state index contributed by atoms with van der Waals surface area (Å²) in [4.78, 5) is 2.14. The molecule has 4 nitrogen and oxygen atoms in total. The second kappa shape index (κ2) is 4.43. The van der Waals surface area contributed by atoms with E-state index >= 15 is 0 Å². The zero-order valence-electron chi connectivity index (χ0n) is 6.60. The molecule has 0 spiro atoms. The molecule has 1 rings (SSSR count). The van der Waals surface area contributed by atoms with Gasteiger partial charge in [-0.3, -0.25) is 0 Å². The van der Waals surface area contributed by atoms with E-state index in [1.165, 1.54) is 0 Å². The predicted octanol–water partition coefficient (Wildman–Crippen LogP) is -1.21. The second-order valence-electron chi connectivity index (χ2n) is 2.81. The van der Waals surface area contributed by atoms with E-state index in [0.29, 0.717) is 11.8 Å². The van der Waals surface area contributed by atoms with E-state index in [0.717, 1.165) is 13.1 Å². The molecule has 0 radical (unpaired) electrons. The molecule has 5 heteroatoms. The van der Waals surface area contributed by atoms with Crippen molar-refractivity contribution in [3.8, 4) is 0 Å². The summed E-state index contributed by atoms with van der Waals surface area (Å²) >= 11 is -2.48. The molecule has 0 aromatic heterocycles. The average molecular weight is 223 g/mol. The van der Waals surface area contributed by atoms with Gasteiger partial charge in [-0.25, -0.2) is 0 Å². The average Bonchev–Trinajstić information content (AvgIpc) is 1.85. The molecular weight excluding hydrogens is 209 g/mol. The molecule has 0 aromatic carbocycles. The summed E-state index contributed by atoms with van der Waals surface area (Å²) in [7, 11) is 2.02. The Kier molecular flexibility index (Phi) is 3.82. The minimum absolute atomic E-state index is 0.0451. The molecule has 0 bridgehead atoms. The van der Waals surface area contributed by atoms with Crippen LogP contribution >= 0.6 is 0 Å². The molecule has 1 aliphatic heterocycles. The van der Waals surface area contributed by atoms with Gasteiger partial charge in [0.15, 0.2) is 0 Å². The third-order valence-electron chi connectivity index (χ3n) is 1.71.